The lowest BCUT2D eigenvalue weighted by molar-refractivity contribution is 0.410. The highest BCUT2D eigenvalue weighted by molar-refractivity contribution is 6.34. The van der Waals surface area contributed by atoms with Crippen LogP contribution in [0.15, 0.2) is 12.1 Å². The zero-order valence-electron chi connectivity index (χ0n) is 12.9. The molecule has 0 bridgehead atoms. The molecule has 1 N–H and O–H groups in total. The Morgan fingerprint density at radius 1 is 1.19 bits per heavy atom. The Morgan fingerprint density at radius 2 is 1.95 bits per heavy atom. The first kappa shape index (κ1) is 15.7. The summed E-state index contributed by atoms with van der Waals surface area (Å²) in [5.41, 5.74) is 2.79. The van der Waals surface area contributed by atoms with Crippen molar-refractivity contribution >= 4 is 28.2 Å². The van der Waals surface area contributed by atoms with Gasteiger partial charge < -0.3 is 14.8 Å². The largest absolute Gasteiger partial charge is 0.494 e. The van der Waals surface area contributed by atoms with Gasteiger partial charge in [0.25, 0.3) is 0 Å². The molecule has 114 valence electrons. The Balaban J connectivity index is 2.83. The second kappa shape index (κ2) is 6.85. The Kier molecular flexibility index (Phi) is 5.12. The number of hydrogen-bond acceptors (Lipinski definition) is 4. The molecule has 0 aliphatic carbocycles. The fourth-order valence-corrected chi connectivity index (χ4v) is 2.71. The third-order valence-electron chi connectivity index (χ3n) is 3.31. The van der Waals surface area contributed by atoms with Crippen molar-refractivity contribution in [2.45, 2.75) is 26.7 Å². The minimum Gasteiger partial charge on any atom is -0.494 e. The number of nitrogens with zero attached hydrogens (tertiary/aromatic N) is 1. The summed E-state index contributed by atoms with van der Waals surface area (Å²) in [4.78, 5) is 4.72. The molecule has 0 radical (unpaired) electrons. The molecule has 0 unspecified atom stereocenters. The van der Waals surface area contributed by atoms with E-state index in [4.69, 9.17) is 26.1 Å². The first-order chi connectivity index (χ1) is 10.2. The van der Waals surface area contributed by atoms with E-state index in [1.54, 1.807) is 20.3 Å². The van der Waals surface area contributed by atoms with Gasteiger partial charge in [-0.2, -0.15) is 0 Å². The standard InChI is InChI=1S/C16H21ClN2O2/c1-5-7-10-8-12(18-6-2)14-15(19-10)13(20-3)9-11(17)16(14)21-4/h8-9H,5-7H2,1-4H3,(H,18,19). The number of rotatable bonds is 6. The quantitative estimate of drug-likeness (QED) is 0.864. The lowest BCUT2D eigenvalue weighted by atomic mass is 10.1. The van der Waals surface area contributed by atoms with Crippen molar-refractivity contribution in [2.75, 3.05) is 26.1 Å². The Labute approximate surface area is 130 Å². The summed E-state index contributed by atoms with van der Waals surface area (Å²) in [6, 6.07) is 3.81. The number of nitrogens with one attached hydrogen (secondary N) is 1. The number of hydrogen-bond donors (Lipinski definition) is 1. The number of methoxy groups -OCH3 is 2. The van der Waals surface area contributed by atoms with E-state index >= 15 is 0 Å². The number of ether oxygens (including phenoxy) is 2. The van der Waals surface area contributed by atoms with E-state index in [0.717, 1.165) is 41.7 Å². The average Bonchev–Trinajstić information content (AvgIpc) is 2.47. The monoisotopic (exact) mass is 308 g/mol. The minimum absolute atomic E-state index is 0.519. The van der Waals surface area contributed by atoms with Crippen molar-refractivity contribution in [3.05, 3.63) is 22.8 Å². The summed E-state index contributed by atoms with van der Waals surface area (Å²) in [6.07, 6.45) is 1.96. The lowest BCUT2D eigenvalue weighted by Gasteiger charge is -2.16. The number of benzene rings is 1. The Hall–Kier alpha value is -1.68. The van der Waals surface area contributed by atoms with Crippen LogP contribution in [0.25, 0.3) is 10.9 Å². The summed E-state index contributed by atoms with van der Waals surface area (Å²) < 4.78 is 10.9. The van der Waals surface area contributed by atoms with E-state index in [1.807, 2.05) is 0 Å². The van der Waals surface area contributed by atoms with Crippen molar-refractivity contribution in [1.29, 1.82) is 0 Å². The molecule has 0 amide bonds. The Morgan fingerprint density at radius 3 is 2.52 bits per heavy atom. The van der Waals surface area contributed by atoms with Gasteiger partial charge in [0.2, 0.25) is 0 Å². The first-order valence-electron chi connectivity index (χ1n) is 7.14. The lowest BCUT2D eigenvalue weighted by Crippen LogP contribution is -2.03. The molecule has 4 nitrogen and oxygen atoms in total. The molecule has 0 saturated carbocycles. The third-order valence-corrected chi connectivity index (χ3v) is 3.59. The van der Waals surface area contributed by atoms with Crippen LogP contribution in [-0.2, 0) is 6.42 Å². The number of aryl methyl sites for hydroxylation is 1. The molecule has 0 saturated heterocycles. The van der Waals surface area contributed by atoms with Gasteiger partial charge in [0.1, 0.15) is 17.0 Å². The number of anilines is 1. The van der Waals surface area contributed by atoms with Gasteiger partial charge in [0.05, 0.1) is 24.6 Å². The summed E-state index contributed by atoms with van der Waals surface area (Å²) in [7, 11) is 3.24. The van der Waals surface area contributed by atoms with Gasteiger partial charge in [-0.05, 0) is 19.4 Å². The van der Waals surface area contributed by atoms with E-state index < -0.39 is 0 Å². The second-order valence-electron chi connectivity index (χ2n) is 4.76. The van der Waals surface area contributed by atoms with Crippen molar-refractivity contribution < 1.29 is 9.47 Å². The minimum atomic E-state index is 0.519. The Bertz CT molecular complexity index is 644. The van der Waals surface area contributed by atoms with Crippen LogP contribution in [0.2, 0.25) is 5.02 Å². The van der Waals surface area contributed by atoms with Crippen LogP contribution in [-0.4, -0.2) is 25.7 Å². The summed E-state index contributed by atoms with van der Waals surface area (Å²) in [6.45, 7) is 5.00. The number of halogens is 1. The molecule has 0 aliphatic heterocycles. The van der Waals surface area contributed by atoms with Crippen molar-refractivity contribution in [3.8, 4) is 11.5 Å². The van der Waals surface area contributed by atoms with Gasteiger partial charge in [-0.25, -0.2) is 4.98 Å². The van der Waals surface area contributed by atoms with Crippen molar-refractivity contribution in [1.82, 2.24) is 4.98 Å². The van der Waals surface area contributed by atoms with Crippen LogP contribution in [0.4, 0.5) is 5.69 Å². The maximum absolute atomic E-state index is 6.30. The van der Waals surface area contributed by atoms with Crippen molar-refractivity contribution in [3.63, 3.8) is 0 Å². The van der Waals surface area contributed by atoms with E-state index in [-0.39, 0.29) is 0 Å². The molecule has 21 heavy (non-hydrogen) atoms. The normalized spacial score (nSPS) is 10.7. The van der Waals surface area contributed by atoms with Crippen molar-refractivity contribution in [2.24, 2.45) is 0 Å². The molecule has 0 atom stereocenters. The summed E-state index contributed by atoms with van der Waals surface area (Å²) >= 11 is 6.30. The number of fused-ring (bicyclic) bond motifs is 1. The SMILES string of the molecule is CCCc1cc(NCC)c2c(OC)c(Cl)cc(OC)c2n1. The predicted octanol–water partition coefficient (Wildman–Crippen LogP) is 4.29. The highest BCUT2D eigenvalue weighted by Gasteiger charge is 2.18. The summed E-state index contributed by atoms with van der Waals surface area (Å²) in [5, 5.41) is 4.75. The molecule has 1 aromatic heterocycles. The summed E-state index contributed by atoms with van der Waals surface area (Å²) in [5.74, 6) is 1.28. The van der Waals surface area contributed by atoms with Gasteiger partial charge in [-0.15, -0.1) is 0 Å². The highest BCUT2D eigenvalue weighted by atomic mass is 35.5. The van der Waals surface area contributed by atoms with Gasteiger partial charge in [-0.1, -0.05) is 24.9 Å². The van der Waals surface area contributed by atoms with Gasteiger partial charge in [0, 0.05) is 24.0 Å². The molecule has 0 aliphatic rings. The number of pyridine rings is 1. The second-order valence-corrected chi connectivity index (χ2v) is 5.17. The van der Waals surface area contributed by atoms with E-state index in [0.29, 0.717) is 16.5 Å². The van der Waals surface area contributed by atoms with Gasteiger partial charge >= 0.3 is 0 Å². The molecule has 0 fully saturated rings. The molecular formula is C16H21ClN2O2. The first-order valence-corrected chi connectivity index (χ1v) is 7.51. The van der Waals surface area contributed by atoms with E-state index in [1.165, 1.54) is 0 Å². The molecule has 2 aromatic rings. The number of aromatic nitrogens is 1. The molecule has 2 rings (SSSR count). The third kappa shape index (κ3) is 3.00. The van der Waals surface area contributed by atoms with Crippen LogP contribution in [0, 0.1) is 0 Å². The topological polar surface area (TPSA) is 43.4 Å². The van der Waals surface area contributed by atoms with Crippen LogP contribution in [0.1, 0.15) is 26.0 Å². The van der Waals surface area contributed by atoms with Crippen LogP contribution >= 0.6 is 11.6 Å². The zero-order chi connectivity index (χ0) is 15.4. The fraction of sp³-hybridized carbons (Fsp3) is 0.438. The predicted molar refractivity (Wildman–Crippen MR) is 88.0 cm³/mol. The zero-order valence-corrected chi connectivity index (χ0v) is 13.7. The highest BCUT2D eigenvalue weighted by Crippen LogP contribution is 2.42. The van der Waals surface area contributed by atoms with Crippen LogP contribution < -0.4 is 14.8 Å². The van der Waals surface area contributed by atoms with Crippen LogP contribution in [0.5, 0.6) is 11.5 Å². The molecule has 0 spiro atoms. The molecule has 1 heterocycles. The van der Waals surface area contributed by atoms with Gasteiger partial charge in [-0.3, -0.25) is 0 Å². The van der Waals surface area contributed by atoms with E-state index in [9.17, 15) is 0 Å². The smallest absolute Gasteiger partial charge is 0.149 e. The maximum atomic E-state index is 6.30. The maximum Gasteiger partial charge on any atom is 0.149 e. The molecular weight excluding hydrogens is 288 g/mol. The van der Waals surface area contributed by atoms with E-state index in [2.05, 4.69) is 25.2 Å². The van der Waals surface area contributed by atoms with Crippen LogP contribution in [0.3, 0.4) is 0 Å². The molecule has 1 aromatic carbocycles. The fourth-order valence-electron chi connectivity index (χ4n) is 2.44. The average molecular weight is 309 g/mol. The molecule has 5 heteroatoms. The van der Waals surface area contributed by atoms with Gasteiger partial charge in [0.15, 0.2) is 0 Å².